The van der Waals surface area contributed by atoms with Gasteiger partial charge in [-0.15, -0.1) is 0 Å². The summed E-state index contributed by atoms with van der Waals surface area (Å²) in [6, 6.07) is 1.15. The predicted octanol–water partition coefficient (Wildman–Crippen LogP) is 7.08. The molecular weight excluding hydrogens is 599 g/mol. The van der Waals surface area contributed by atoms with E-state index in [2.05, 4.69) is 18.8 Å². The lowest BCUT2D eigenvalue weighted by molar-refractivity contribution is -0.176. The smallest absolute Gasteiger partial charge is 0.453 e. The normalized spacial score (nSPS) is 20.9. The third kappa shape index (κ3) is 13.6. The largest absolute Gasteiger partial charge is 0.472 e. The second kappa shape index (κ2) is 20.3. The number of phosphoric ester groups is 1. The number of carbonyl (C=O) groups is 1. The van der Waals surface area contributed by atoms with Crippen LogP contribution in [0.3, 0.4) is 0 Å². The summed E-state index contributed by atoms with van der Waals surface area (Å²) in [5.41, 5.74) is 4.39. The fraction of sp³-hybridized carbons (Fsp3) is 0.833. The molecule has 1 aliphatic heterocycles. The molecule has 0 aromatic carbocycles. The van der Waals surface area contributed by atoms with Crippen LogP contribution in [0.4, 0.5) is 14.6 Å². The van der Waals surface area contributed by atoms with Crippen molar-refractivity contribution >= 4 is 19.6 Å². The molecule has 1 aromatic rings. The Morgan fingerprint density at radius 3 is 2.09 bits per heavy atom. The van der Waals surface area contributed by atoms with E-state index in [0.29, 0.717) is 17.4 Å². The highest BCUT2D eigenvalue weighted by atomic mass is 31.2. The van der Waals surface area contributed by atoms with Gasteiger partial charge < -0.3 is 20.1 Å². The lowest BCUT2D eigenvalue weighted by atomic mass is 10.1. The number of aromatic nitrogens is 2. The molecule has 0 saturated carbocycles. The van der Waals surface area contributed by atoms with Gasteiger partial charge in [-0.05, 0) is 18.9 Å². The second-order valence-corrected chi connectivity index (χ2v) is 12.9. The molecule has 1 aromatic heterocycles. The number of alkyl halides is 2. The minimum absolute atomic E-state index is 0.0451. The van der Waals surface area contributed by atoms with Crippen LogP contribution in [0.25, 0.3) is 0 Å². The van der Waals surface area contributed by atoms with Crippen molar-refractivity contribution in [2.24, 2.45) is 0 Å². The van der Waals surface area contributed by atoms with Crippen molar-refractivity contribution in [3.8, 4) is 0 Å². The molecule has 2 rings (SSSR count). The van der Waals surface area contributed by atoms with E-state index in [1.165, 1.54) is 25.7 Å². The first-order chi connectivity index (χ1) is 21.0. The molecule has 254 valence electrons. The van der Waals surface area contributed by atoms with Gasteiger partial charge in [-0.2, -0.15) is 13.8 Å². The quantitative estimate of drug-likeness (QED) is 0.0674. The first-order valence-corrected chi connectivity index (χ1v) is 17.7. The predicted molar refractivity (Wildman–Crippen MR) is 163 cm³/mol. The number of unbranched alkanes of at least 4 members (excludes halogenated alkanes) is 14. The first-order valence-electron chi connectivity index (χ1n) is 16.2. The summed E-state index contributed by atoms with van der Waals surface area (Å²) in [6.45, 7) is 3.41. The molecule has 1 aliphatic rings. The number of esters is 1. The number of anilines is 1. The fourth-order valence-electron chi connectivity index (χ4n) is 5.08. The topological polar surface area (TPSA) is 152 Å². The van der Waals surface area contributed by atoms with E-state index in [1.807, 2.05) is 0 Å². The van der Waals surface area contributed by atoms with Crippen LogP contribution >= 0.6 is 7.82 Å². The van der Waals surface area contributed by atoms with Gasteiger partial charge in [0.2, 0.25) is 6.23 Å². The van der Waals surface area contributed by atoms with Gasteiger partial charge in [0, 0.05) is 12.6 Å². The van der Waals surface area contributed by atoms with Crippen LogP contribution in [0.15, 0.2) is 17.1 Å². The van der Waals surface area contributed by atoms with Crippen molar-refractivity contribution in [3.63, 3.8) is 0 Å². The number of hydrogen-bond acceptors (Lipinski definition) is 9. The number of nitrogens with two attached hydrogens (primary N) is 1. The third-order valence-corrected chi connectivity index (χ3v) is 8.59. The highest BCUT2D eigenvalue weighted by Crippen LogP contribution is 2.48. The molecule has 44 heavy (non-hydrogen) atoms. The molecule has 11 nitrogen and oxygen atoms in total. The molecule has 3 N–H and O–H groups in total. The summed E-state index contributed by atoms with van der Waals surface area (Å²) < 4.78 is 64.9. The molecule has 0 amide bonds. The molecule has 0 bridgehead atoms. The Labute approximate surface area is 259 Å². The maximum Gasteiger partial charge on any atom is 0.472 e. The monoisotopic (exact) mass is 651 g/mol. The van der Waals surface area contributed by atoms with E-state index in [0.717, 1.165) is 76.5 Å². The average Bonchev–Trinajstić information content (AvgIpc) is 3.21. The van der Waals surface area contributed by atoms with E-state index >= 15 is 8.78 Å². The number of ether oxygens (including phenoxy) is 2. The van der Waals surface area contributed by atoms with Gasteiger partial charge in [-0.25, -0.2) is 9.36 Å². The van der Waals surface area contributed by atoms with Crippen molar-refractivity contribution in [2.75, 3.05) is 18.9 Å². The number of nitrogens with zero attached hydrogens (tertiary/aromatic N) is 2. The van der Waals surface area contributed by atoms with Gasteiger partial charge in [0.1, 0.15) is 11.9 Å². The van der Waals surface area contributed by atoms with Gasteiger partial charge in [0.15, 0.2) is 6.10 Å². The second-order valence-electron chi connectivity index (χ2n) is 11.5. The van der Waals surface area contributed by atoms with Crippen LogP contribution in [0.2, 0.25) is 0 Å². The average molecular weight is 652 g/mol. The summed E-state index contributed by atoms with van der Waals surface area (Å²) in [5.74, 6) is -4.94. The molecule has 4 atom stereocenters. The van der Waals surface area contributed by atoms with Gasteiger partial charge in [-0.1, -0.05) is 104 Å². The van der Waals surface area contributed by atoms with E-state index in [9.17, 15) is 19.0 Å². The number of nitrogen functional groups attached to an aromatic ring is 1. The zero-order valence-electron chi connectivity index (χ0n) is 26.3. The molecule has 1 fully saturated rings. The summed E-state index contributed by atoms with van der Waals surface area (Å²) in [6.07, 6.45) is 10.8. The lowest BCUT2D eigenvalue weighted by Crippen LogP contribution is -2.44. The molecule has 0 radical (unpaired) electrons. The molecule has 1 saturated heterocycles. The standard InChI is InChI=1S/C30H52F2N3O8P/c1-3-5-7-9-11-13-15-17-19-26(36)43-27-24(42-28(30(27,31)32)35-21-20-25(33)34-29(35)37)23-41-44(38,39)40-22-18-16-14-12-10-8-6-4-2/h20-21,24,27-28H,3-19,22-23H2,1-2H3,(H,38,39)(H2,33,34,37)/t24?,27-,28-/m1/s1. The maximum atomic E-state index is 15.6. The minimum Gasteiger partial charge on any atom is -0.453 e. The number of hydrogen-bond donors (Lipinski definition) is 2. The van der Waals surface area contributed by atoms with Gasteiger partial charge in [-0.3, -0.25) is 18.4 Å². The zero-order chi connectivity index (χ0) is 32.4. The SMILES string of the molecule is CCCCCCCCCCOP(=O)(O)OCC1O[C@@H](n2ccc(N)nc2=O)C(F)(F)[C@@H]1OC(=O)CCCCCCCCCC. The van der Waals surface area contributed by atoms with Gasteiger partial charge in [0.05, 0.1) is 13.2 Å². The highest BCUT2D eigenvalue weighted by molar-refractivity contribution is 7.47. The fourth-order valence-corrected chi connectivity index (χ4v) is 5.85. The first kappa shape index (κ1) is 38.3. The summed E-state index contributed by atoms with van der Waals surface area (Å²) in [4.78, 5) is 38.5. The molecule has 2 heterocycles. The zero-order valence-corrected chi connectivity index (χ0v) is 27.2. The molecule has 14 heteroatoms. The van der Waals surface area contributed by atoms with Crippen molar-refractivity contribution in [1.29, 1.82) is 0 Å². The van der Waals surface area contributed by atoms with Crippen LogP contribution < -0.4 is 11.4 Å². The van der Waals surface area contributed by atoms with Crippen LogP contribution in [-0.4, -0.2) is 51.8 Å². The Morgan fingerprint density at radius 1 is 0.977 bits per heavy atom. The Kier molecular flexibility index (Phi) is 17.6. The Balaban J connectivity index is 1.95. The van der Waals surface area contributed by atoms with Crippen molar-refractivity contribution < 1.29 is 41.6 Å². The Hall–Kier alpha value is -1.92. The number of carbonyl (C=O) groups excluding carboxylic acids is 1. The number of phosphoric acid groups is 1. The molecule has 2 unspecified atom stereocenters. The highest BCUT2D eigenvalue weighted by Gasteiger charge is 2.62. The van der Waals surface area contributed by atoms with E-state index < -0.39 is 50.4 Å². The van der Waals surface area contributed by atoms with Gasteiger partial charge >= 0.3 is 25.4 Å². The minimum atomic E-state index is -4.62. The van der Waals surface area contributed by atoms with E-state index in [-0.39, 0.29) is 18.8 Å². The summed E-state index contributed by atoms with van der Waals surface area (Å²) in [5, 5.41) is 0. The Bertz CT molecular complexity index is 1080. The third-order valence-electron chi connectivity index (χ3n) is 7.60. The van der Waals surface area contributed by atoms with Crippen LogP contribution in [0.1, 0.15) is 129 Å². The lowest BCUT2D eigenvalue weighted by Gasteiger charge is -2.24. The van der Waals surface area contributed by atoms with Crippen molar-refractivity contribution in [1.82, 2.24) is 9.55 Å². The summed E-state index contributed by atoms with van der Waals surface area (Å²) in [7, 11) is -4.62. The van der Waals surface area contributed by atoms with E-state index in [1.54, 1.807) is 0 Å². The number of halogens is 2. The van der Waals surface area contributed by atoms with Crippen LogP contribution in [-0.2, 0) is 27.9 Å². The molecular formula is C30H52F2N3O8P. The molecule has 0 aliphatic carbocycles. The van der Waals surface area contributed by atoms with Crippen LogP contribution in [0, 0.1) is 0 Å². The van der Waals surface area contributed by atoms with Crippen molar-refractivity contribution in [2.45, 2.75) is 147 Å². The summed E-state index contributed by atoms with van der Waals surface area (Å²) >= 11 is 0. The maximum absolute atomic E-state index is 15.6. The van der Waals surface area contributed by atoms with Crippen LogP contribution in [0.5, 0.6) is 0 Å². The van der Waals surface area contributed by atoms with Crippen molar-refractivity contribution in [3.05, 3.63) is 22.7 Å². The number of rotatable bonds is 24. The molecule has 0 spiro atoms. The van der Waals surface area contributed by atoms with Gasteiger partial charge in [0.25, 0.3) is 0 Å². The van der Waals surface area contributed by atoms with E-state index in [4.69, 9.17) is 24.3 Å². The Morgan fingerprint density at radius 2 is 1.52 bits per heavy atom.